The van der Waals surface area contributed by atoms with Crippen LogP contribution in [0.15, 0.2) is 90.0 Å². The van der Waals surface area contributed by atoms with Gasteiger partial charge in [-0.1, -0.05) is 60.7 Å². The molecule has 4 aromatic carbocycles. The molecule has 0 heterocycles. The molecule has 0 radical (unpaired) electrons. The molecule has 0 fully saturated rings. The Labute approximate surface area is 198 Å². The van der Waals surface area contributed by atoms with Crippen molar-refractivity contribution in [2.75, 3.05) is 14.2 Å². The maximum absolute atomic E-state index is 12.3. The Morgan fingerprint density at radius 2 is 1.68 bits per heavy atom. The summed E-state index contributed by atoms with van der Waals surface area (Å²) in [6, 6.07) is 27.4. The molecule has 6 nitrogen and oxygen atoms in total. The van der Waals surface area contributed by atoms with Crippen LogP contribution in [0, 0.1) is 0 Å². The maximum Gasteiger partial charge on any atom is 0.244 e. The third-order valence-electron chi connectivity index (χ3n) is 5.35. The number of nitrogens with one attached hydrogen (secondary N) is 1. The fourth-order valence-corrected chi connectivity index (χ4v) is 3.66. The lowest BCUT2D eigenvalue weighted by molar-refractivity contribution is -0.120. The van der Waals surface area contributed by atoms with E-state index < -0.39 is 0 Å². The molecular formula is C28H26N2O4. The van der Waals surface area contributed by atoms with Crippen molar-refractivity contribution in [1.29, 1.82) is 0 Å². The molecule has 0 unspecified atom stereocenters. The molecule has 172 valence electrons. The van der Waals surface area contributed by atoms with Crippen LogP contribution in [-0.2, 0) is 17.8 Å². The molecule has 6 heteroatoms. The lowest BCUT2D eigenvalue weighted by Gasteiger charge is -2.10. The molecule has 0 saturated carbocycles. The van der Waals surface area contributed by atoms with Gasteiger partial charge in [-0.3, -0.25) is 4.79 Å². The fourth-order valence-electron chi connectivity index (χ4n) is 3.66. The summed E-state index contributed by atoms with van der Waals surface area (Å²) in [5, 5.41) is 6.45. The van der Waals surface area contributed by atoms with E-state index in [1.807, 2.05) is 48.5 Å². The number of nitrogens with zero attached hydrogens (tertiary/aromatic N) is 1. The zero-order chi connectivity index (χ0) is 23.8. The Balaban J connectivity index is 1.34. The standard InChI is InChI=1S/C28H26N2O4/c1-32-26-14-13-20(16-27(26)33-2)17-28(31)30-29-18-21-7-5-11-24(15-21)34-19-23-10-6-9-22-8-3-4-12-25(22)23/h3-16,18H,17,19H2,1-2H3,(H,30,31)/b29-18+. The van der Waals surface area contributed by atoms with Crippen molar-refractivity contribution in [3.63, 3.8) is 0 Å². The molecule has 0 bridgehead atoms. The molecule has 0 aliphatic rings. The van der Waals surface area contributed by atoms with Gasteiger partial charge in [0, 0.05) is 0 Å². The first-order chi connectivity index (χ1) is 16.7. The van der Waals surface area contributed by atoms with Crippen molar-refractivity contribution < 1.29 is 19.0 Å². The third-order valence-corrected chi connectivity index (χ3v) is 5.35. The van der Waals surface area contributed by atoms with Gasteiger partial charge in [-0.25, -0.2) is 5.43 Å². The number of rotatable bonds is 9. The summed E-state index contributed by atoms with van der Waals surface area (Å²) < 4.78 is 16.5. The summed E-state index contributed by atoms with van der Waals surface area (Å²) in [4.78, 5) is 12.3. The topological polar surface area (TPSA) is 69.2 Å². The molecule has 1 N–H and O–H groups in total. The molecule has 4 rings (SSSR count). The van der Waals surface area contributed by atoms with E-state index >= 15 is 0 Å². The lowest BCUT2D eigenvalue weighted by atomic mass is 10.1. The number of carbonyl (C=O) groups is 1. The molecule has 0 atom stereocenters. The number of carbonyl (C=O) groups excluding carboxylic acids is 1. The first-order valence-corrected chi connectivity index (χ1v) is 10.9. The smallest absolute Gasteiger partial charge is 0.244 e. The highest BCUT2D eigenvalue weighted by Gasteiger charge is 2.08. The molecule has 0 aliphatic heterocycles. The van der Waals surface area contributed by atoms with E-state index in [4.69, 9.17) is 14.2 Å². The molecule has 0 spiro atoms. The van der Waals surface area contributed by atoms with Gasteiger partial charge in [-0.05, 0) is 51.7 Å². The second-order valence-electron chi connectivity index (χ2n) is 7.66. The molecule has 34 heavy (non-hydrogen) atoms. The van der Waals surface area contributed by atoms with Gasteiger partial charge in [-0.2, -0.15) is 5.10 Å². The highest BCUT2D eigenvalue weighted by molar-refractivity contribution is 5.86. The van der Waals surface area contributed by atoms with Crippen LogP contribution in [0.3, 0.4) is 0 Å². The van der Waals surface area contributed by atoms with Crippen LogP contribution in [0.25, 0.3) is 10.8 Å². The predicted molar refractivity (Wildman–Crippen MR) is 134 cm³/mol. The number of methoxy groups -OCH3 is 2. The summed E-state index contributed by atoms with van der Waals surface area (Å²) in [7, 11) is 3.13. The monoisotopic (exact) mass is 454 g/mol. The van der Waals surface area contributed by atoms with E-state index in [-0.39, 0.29) is 12.3 Å². The van der Waals surface area contributed by atoms with E-state index in [9.17, 15) is 4.79 Å². The zero-order valence-electron chi connectivity index (χ0n) is 19.2. The Morgan fingerprint density at radius 1 is 0.882 bits per heavy atom. The third kappa shape index (κ3) is 5.72. The Kier molecular flexibility index (Phi) is 7.40. The molecule has 0 saturated heterocycles. The minimum absolute atomic E-state index is 0.172. The average Bonchev–Trinajstić information content (AvgIpc) is 2.87. The fraction of sp³-hybridized carbons (Fsp3) is 0.143. The Bertz CT molecular complexity index is 1310. The number of hydrazone groups is 1. The molecule has 4 aromatic rings. The number of ether oxygens (including phenoxy) is 3. The van der Waals surface area contributed by atoms with Crippen LogP contribution in [0.2, 0.25) is 0 Å². The normalized spacial score (nSPS) is 10.9. The van der Waals surface area contributed by atoms with Crippen molar-refractivity contribution in [2.45, 2.75) is 13.0 Å². The highest BCUT2D eigenvalue weighted by Crippen LogP contribution is 2.27. The first kappa shape index (κ1) is 22.9. The summed E-state index contributed by atoms with van der Waals surface area (Å²) in [6.07, 6.45) is 1.77. The van der Waals surface area contributed by atoms with Gasteiger partial charge in [0.25, 0.3) is 0 Å². The average molecular weight is 455 g/mol. The molecule has 0 aromatic heterocycles. The van der Waals surface area contributed by atoms with E-state index in [2.05, 4.69) is 34.8 Å². The van der Waals surface area contributed by atoms with Gasteiger partial charge in [0.05, 0.1) is 26.9 Å². The van der Waals surface area contributed by atoms with Crippen molar-refractivity contribution in [3.8, 4) is 17.2 Å². The first-order valence-electron chi connectivity index (χ1n) is 10.9. The van der Waals surface area contributed by atoms with Crippen LogP contribution in [0.5, 0.6) is 17.2 Å². The Morgan fingerprint density at radius 3 is 2.53 bits per heavy atom. The van der Waals surface area contributed by atoms with Gasteiger partial charge in [0.1, 0.15) is 12.4 Å². The molecule has 1 amide bonds. The maximum atomic E-state index is 12.3. The van der Waals surface area contributed by atoms with Crippen molar-refractivity contribution >= 4 is 22.9 Å². The molecular weight excluding hydrogens is 428 g/mol. The van der Waals surface area contributed by atoms with Crippen molar-refractivity contribution in [1.82, 2.24) is 5.43 Å². The zero-order valence-corrected chi connectivity index (χ0v) is 19.2. The van der Waals surface area contributed by atoms with Crippen molar-refractivity contribution in [2.24, 2.45) is 5.10 Å². The van der Waals surface area contributed by atoms with E-state index in [1.165, 1.54) is 10.8 Å². The number of fused-ring (bicyclic) bond motifs is 1. The SMILES string of the molecule is COc1ccc(CC(=O)N/N=C/c2cccc(OCc3cccc4ccccc34)c2)cc1OC. The number of amides is 1. The van der Waals surface area contributed by atoms with E-state index in [1.54, 1.807) is 32.6 Å². The lowest BCUT2D eigenvalue weighted by Crippen LogP contribution is -2.19. The van der Waals surface area contributed by atoms with Crippen molar-refractivity contribution in [3.05, 3.63) is 102 Å². The molecule has 0 aliphatic carbocycles. The van der Waals surface area contributed by atoms with Gasteiger partial charge in [0.2, 0.25) is 5.91 Å². The number of hydrogen-bond donors (Lipinski definition) is 1. The van der Waals surface area contributed by atoms with Crippen LogP contribution >= 0.6 is 0 Å². The Hall–Kier alpha value is -4.32. The highest BCUT2D eigenvalue weighted by atomic mass is 16.5. The summed E-state index contributed by atoms with van der Waals surface area (Å²) in [5.41, 5.74) is 5.31. The minimum atomic E-state index is -0.230. The quantitative estimate of drug-likeness (QED) is 0.281. The number of benzene rings is 4. The summed E-state index contributed by atoms with van der Waals surface area (Å²) >= 11 is 0. The largest absolute Gasteiger partial charge is 0.493 e. The van der Waals surface area contributed by atoms with Crippen LogP contribution in [0.4, 0.5) is 0 Å². The second-order valence-corrected chi connectivity index (χ2v) is 7.66. The predicted octanol–water partition coefficient (Wildman–Crippen LogP) is 5.13. The van der Waals surface area contributed by atoms with Gasteiger partial charge >= 0.3 is 0 Å². The summed E-state index contributed by atoms with van der Waals surface area (Å²) in [5.74, 6) is 1.70. The second kappa shape index (κ2) is 11.0. The van der Waals surface area contributed by atoms with E-state index in [0.29, 0.717) is 18.1 Å². The minimum Gasteiger partial charge on any atom is -0.493 e. The van der Waals surface area contributed by atoms with Crippen LogP contribution < -0.4 is 19.6 Å². The van der Waals surface area contributed by atoms with E-state index in [0.717, 1.165) is 22.4 Å². The van der Waals surface area contributed by atoms with Gasteiger partial charge in [-0.15, -0.1) is 0 Å². The van der Waals surface area contributed by atoms with Crippen LogP contribution in [-0.4, -0.2) is 26.3 Å². The number of hydrogen-bond acceptors (Lipinski definition) is 5. The summed E-state index contributed by atoms with van der Waals surface area (Å²) in [6.45, 7) is 0.462. The van der Waals surface area contributed by atoms with Gasteiger partial charge < -0.3 is 14.2 Å². The van der Waals surface area contributed by atoms with Crippen LogP contribution in [0.1, 0.15) is 16.7 Å². The van der Waals surface area contributed by atoms with Gasteiger partial charge in [0.15, 0.2) is 11.5 Å².